The van der Waals surface area contributed by atoms with Gasteiger partial charge in [-0.05, 0) is 25.0 Å². The summed E-state index contributed by atoms with van der Waals surface area (Å²) in [6, 6.07) is 7.48. The first-order chi connectivity index (χ1) is 11.6. The third-order valence-corrected chi connectivity index (χ3v) is 5.26. The molecule has 124 valence electrons. The molecule has 0 N–H and O–H groups in total. The van der Waals surface area contributed by atoms with E-state index in [2.05, 4.69) is 15.2 Å². The van der Waals surface area contributed by atoms with Crippen molar-refractivity contribution in [2.45, 2.75) is 17.8 Å². The SMILES string of the molecule is CC[n+]1cc(/N=C(\[O-])CSc2nc(-c3ccc(Cl)cc3)cs2)on1. The lowest BCUT2D eigenvalue weighted by molar-refractivity contribution is -0.759. The quantitative estimate of drug-likeness (QED) is 0.284. The third-order valence-electron chi connectivity index (χ3n) is 3.00. The van der Waals surface area contributed by atoms with Crippen molar-refractivity contribution in [2.75, 3.05) is 5.75 Å². The molecule has 1 aromatic carbocycles. The number of aliphatic imine (C=N–C) groups is 1. The molecule has 6 nitrogen and oxygen atoms in total. The molecule has 0 aliphatic rings. The van der Waals surface area contributed by atoms with Crippen LogP contribution in [-0.2, 0) is 6.54 Å². The normalized spacial score (nSPS) is 11.8. The molecule has 0 saturated carbocycles. The van der Waals surface area contributed by atoms with Crippen molar-refractivity contribution < 1.29 is 14.3 Å². The summed E-state index contributed by atoms with van der Waals surface area (Å²) in [7, 11) is 0. The van der Waals surface area contributed by atoms with E-state index in [0.717, 1.165) is 15.6 Å². The van der Waals surface area contributed by atoms with E-state index in [9.17, 15) is 5.11 Å². The van der Waals surface area contributed by atoms with Crippen molar-refractivity contribution in [1.82, 2.24) is 10.3 Å². The molecule has 3 rings (SSSR count). The Morgan fingerprint density at radius 1 is 1.42 bits per heavy atom. The number of thioether (sulfide) groups is 1. The van der Waals surface area contributed by atoms with Crippen LogP contribution in [0, 0.1) is 0 Å². The number of aromatic nitrogens is 3. The Labute approximate surface area is 151 Å². The maximum Gasteiger partial charge on any atom is 0.320 e. The minimum atomic E-state index is -0.289. The van der Waals surface area contributed by atoms with Gasteiger partial charge in [-0.25, -0.2) is 9.98 Å². The molecule has 0 amide bonds. The van der Waals surface area contributed by atoms with E-state index in [1.807, 2.05) is 36.6 Å². The van der Waals surface area contributed by atoms with Crippen LogP contribution in [0.2, 0.25) is 5.02 Å². The van der Waals surface area contributed by atoms with E-state index in [0.29, 0.717) is 11.6 Å². The van der Waals surface area contributed by atoms with E-state index in [1.165, 1.54) is 23.1 Å². The second kappa shape index (κ2) is 7.78. The van der Waals surface area contributed by atoms with Crippen molar-refractivity contribution in [1.29, 1.82) is 0 Å². The lowest BCUT2D eigenvalue weighted by Crippen LogP contribution is -2.32. The highest BCUT2D eigenvalue weighted by Gasteiger charge is 2.08. The molecule has 0 fully saturated rings. The van der Waals surface area contributed by atoms with Crippen LogP contribution in [0.15, 0.2) is 49.7 Å². The molecular weight excluding hydrogens is 368 g/mol. The summed E-state index contributed by atoms with van der Waals surface area (Å²) in [4.78, 5) is 8.38. The number of thiazole rings is 1. The van der Waals surface area contributed by atoms with Crippen molar-refractivity contribution in [2.24, 2.45) is 4.99 Å². The van der Waals surface area contributed by atoms with Crippen molar-refractivity contribution in [3.63, 3.8) is 0 Å². The number of hydrogen-bond acceptors (Lipinski definition) is 7. The molecule has 0 aliphatic heterocycles. The van der Waals surface area contributed by atoms with Gasteiger partial charge >= 0.3 is 5.88 Å². The largest absolute Gasteiger partial charge is 0.861 e. The molecule has 0 atom stereocenters. The molecule has 2 heterocycles. The van der Waals surface area contributed by atoms with Gasteiger partial charge in [0.1, 0.15) is 0 Å². The summed E-state index contributed by atoms with van der Waals surface area (Å²) in [6.07, 6.45) is 1.59. The van der Waals surface area contributed by atoms with Crippen molar-refractivity contribution in [3.8, 4) is 11.3 Å². The Morgan fingerprint density at radius 3 is 2.92 bits per heavy atom. The summed E-state index contributed by atoms with van der Waals surface area (Å²) in [5.74, 6) is 0.117. The van der Waals surface area contributed by atoms with Crippen LogP contribution in [0.3, 0.4) is 0 Å². The molecule has 0 unspecified atom stereocenters. The molecule has 0 aliphatic carbocycles. The molecule has 0 radical (unpaired) electrons. The highest BCUT2D eigenvalue weighted by Crippen LogP contribution is 2.28. The fourth-order valence-corrected chi connectivity index (χ4v) is 3.57. The van der Waals surface area contributed by atoms with Gasteiger partial charge in [-0.1, -0.05) is 40.2 Å². The zero-order valence-corrected chi connectivity index (χ0v) is 15.1. The van der Waals surface area contributed by atoms with Crippen LogP contribution in [0.4, 0.5) is 5.88 Å². The van der Waals surface area contributed by atoms with Gasteiger partial charge in [-0.15, -0.1) is 11.3 Å². The van der Waals surface area contributed by atoms with E-state index in [4.69, 9.17) is 16.1 Å². The summed E-state index contributed by atoms with van der Waals surface area (Å²) in [5, 5.41) is 18.2. The highest BCUT2D eigenvalue weighted by atomic mass is 35.5. The van der Waals surface area contributed by atoms with Gasteiger partial charge in [0.15, 0.2) is 10.9 Å². The molecule has 0 saturated heterocycles. The maximum atomic E-state index is 11.9. The standard InChI is InChI=1S/C15H13ClN4O2S2/c1-2-20-7-14(22-19-20)18-13(21)9-24-15-17-12(8-23-15)10-3-5-11(16)6-4-10/h3-8H,2,9H2,1H3. The Hall–Kier alpha value is -1.90. The maximum absolute atomic E-state index is 11.9. The lowest BCUT2D eigenvalue weighted by atomic mass is 10.2. The zero-order valence-electron chi connectivity index (χ0n) is 12.7. The Bertz CT molecular complexity index is 845. The first kappa shape index (κ1) is 16.9. The van der Waals surface area contributed by atoms with Gasteiger partial charge < -0.3 is 5.11 Å². The minimum absolute atomic E-state index is 0.195. The topological polar surface area (TPSA) is 78.2 Å². The molecular formula is C15H13ClN4O2S2. The van der Waals surface area contributed by atoms with Crippen molar-refractivity contribution >= 4 is 46.5 Å². The molecule has 3 aromatic rings. The predicted molar refractivity (Wildman–Crippen MR) is 92.8 cm³/mol. The molecule has 9 heteroatoms. The summed E-state index contributed by atoms with van der Waals surface area (Å²) in [5.41, 5.74) is 1.85. The van der Waals surface area contributed by atoms with Gasteiger partial charge in [-0.2, -0.15) is 0 Å². The lowest BCUT2D eigenvalue weighted by Gasteiger charge is -2.06. The van der Waals surface area contributed by atoms with Gasteiger partial charge in [-0.3, -0.25) is 4.52 Å². The van der Waals surface area contributed by atoms with Gasteiger partial charge in [0, 0.05) is 21.7 Å². The van der Waals surface area contributed by atoms with Crippen LogP contribution in [0.25, 0.3) is 11.3 Å². The number of hydrogen-bond donors (Lipinski definition) is 0. The number of rotatable bonds is 6. The van der Waals surface area contributed by atoms with Gasteiger partial charge in [0.05, 0.1) is 5.69 Å². The minimum Gasteiger partial charge on any atom is -0.861 e. The van der Waals surface area contributed by atoms with Crippen LogP contribution in [0.1, 0.15) is 6.92 Å². The molecule has 24 heavy (non-hydrogen) atoms. The zero-order chi connectivity index (χ0) is 16.9. The van der Waals surface area contributed by atoms with E-state index in [1.54, 1.807) is 10.9 Å². The van der Waals surface area contributed by atoms with Crippen LogP contribution < -0.4 is 9.79 Å². The molecule has 0 spiro atoms. The fourth-order valence-electron chi connectivity index (χ4n) is 1.82. The van der Waals surface area contributed by atoms with Crippen LogP contribution >= 0.6 is 34.7 Å². The van der Waals surface area contributed by atoms with Crippen LogP contribution in [-0.4, -0.2) is 21.9 Å². The van der Waals surface area contributed by atoms with Crippen molar-refractivity contribution in [3.05, 3.63) is 40.9 Å². The predicted octanol–water partition coefficient (Wildman–Crippen LogP) is 2.94. The molecule has 0 bridgehead atoms. The highest BCUT2D eigenvalue weighted by molar-refractivity contribution is 8.01. The van der Waals surface area contributed by atoms with E-state index < -0.39 is 0 Å². The smallest absolute Gasteiger partial charge is 0.320 e. The number of nitrogens with zero attached hydrogens (tertiary/aromatic N) is 4. The monoisotopic (exact) mass is 380 g/mol. The third kappa shape index (κ3) is 4.34. The summed E-state index contributed by atoms with van der Waals surface area (Å²) < 4.78 is 7.32. The first-order valence-corrected chi connectivity index (χ1v) is 9.33. The Kier molecular flexibility index (Phi) is 5.49. The first-order valence-electron chi connectivity index (χ1n) is 7.09. The van der Waals surface area contributed by atoms with Crippen LogP contribution in [0.5, 0.6) is 0 Å². The summed E-state index contributed by atoms with van der Waals surface area (Å²) in [6.45, 7) is 2.58. The molecule has 2 aromatic heterocycles. The average molecular weight is 381 g/mol. The number of halogens is 1. The Balaban J connectivity index is 1.61. The van der Waals surface area contributed by atoms with Gasteiger partial charge in [0.2, 0.25) is 5.27 Å². The summed E-state index contributed by atoms with van der Waals surface area (Å²) >= 11 is 8.72. The Morgan fingerprint density at radius 2 is 2.21 bits per heavy atom. The van der Waals surface area contributed by atoms with E-state index >= 15 is 0 Å². The van der Waals surface area contributed by atoms with E-state index in [-0.39, 0.29) is 17.5 Å². The second-order valence-electron chi connectivity index (χ2n) is 4.70. The number of aryl methyl sites for hydroxylation is 1. The van der Waals surface area contributed by atoms with Gasteiger partial charge in [0.25, 0.3) is 6.20 Å². The average Bonchev–Trinajstić information content (AvgIpc) is 3.23. The second-order valence-corrected chi connectivity index (χ2v) is 7.21. The fraction of sp³-hybridized carbons (Fsp3) is 0.200. The number of benzene rings is 1.